The minimum Gasteiger partial charge on any atom is -0.395 e. The molecule has 1 aliphatic carbocycles. The summed E-state index contributed by atoms with van der Waals surface area (Å²) in [5, 5.41) is 19.7. The SMILES string of the molecule is O=C(c1ccc([N+](=O)[O-])[nH]1)N(CCO)C1CCCC1. The van der Waals surface area contributed by atoms with Crippen LogP contribution in [0.1, 0.15) is 36.2 Å². The molecule has 0 unspecified atom stereocenters. The molecule has 1 heterocycles. The third-order valence-electron chi connectivity index (χ3n) is 3.46. The number of H-pyrrole nitrogens is 1. The van der Waals surface area contributed by atoms with Crippen LogP contribution in [-0.2, 0) is 0 Å². The third kappa shape index (κ3) is 2.93. The van der Waals surface area contributed by atoms with Crippen LogP contribution in [0, 0.1) is 10.1 Å². The standard InChI is InChI=1S/C12H17N3O4/c16-8-7-14(9-3-1-2-4-9)12(17)10-5-6-11(13-10)15(18)19/h5-6,9,13,16H,1-4,7-8H2. The highest BCUT2D eigenvalue weighted by Crippen LogP contribution is 2.25. The Morgan fingerprint density at radius 2 is 2.16 bits per heavy atom. The number of aromatic amines is 1. The maximum Gasteiger partial charge on any atom is 0.321 e. The maximum atomic E-state index is 12.3. The van der Waals surface area contributed by atoms with Gasteiger partial charge in [0.05, 0.1) is 6.61 Å². The van der Waals surface area contributed by atoms with E-state index in [1.807, 2.05) is 0 Å². The lowest BCUT2D eigenvalue weighted by molar-refractivity contribution is -0.389. The Bertz CT molecular complexity index is 465. The van der Waals surface area contributed by atoms with Crippen LogP contribution in [-0.4, -0.2) is 45.0 Å². The summed E-state index contributed by atoms with van der Waals surface area (Å²) in [6.45, 7) is 0.154. The van der Waals surface area contributed by atoms with E-state index in [4.69, 9.17) is 5.11 Å². The second-order valence-electron chi connectivity index (χ2n) is 4.67. The maximum absolute atomic E-state index is 12.3. The Morgan fingerprint density at radius 1 is 1.47 bits per heavy atom. The van der Waals surface area contributed by atoms with Crippen LogP contribution in [0.2, 0.25) is 0 Å². The molecule has 1 fully saturated rings. The van der Waals surface area contributed by atoms with Crippen molar-refractivity contribution in [3.8, 4) is 0 Å². The topological polar surface area (TPSA) is 99.5 Å². The number of carbonyl (C=O) groups is 1. The molecule has 1 aromatic rings. The molecule has 0 bridgehead atoms. The smallest absolute Gasteiger partial charge is 0.321 e. The minimum absolute atomic E-state index is 0.106. The van der Waals surface area contributed by atoms with Gasteiger partial charge in [0.25, 0.3) is 5.91 Å². The van der Waals surface area contributed by atoms with Crippen molar-refractivity contribution >= 4 is 11.7 Å². The van der Waals surface area contributed by atoms with Gasteiger partial charge < -0.3 is 20.1 Å². The molecule has 7 heteroatoms. The van der Waals surface area contributed by atoms with Crippen LogP contribution in [0.25, 0.3) is 0 Å². The summed E-state index contributed by atoms with van der Waals surface area (Å²) in [6.07, 6.45) is 4.00. The lowest BCUT2D eigenvalue weighted by Crippen LogP contribution is -2.40. The summed E-state index contributed by atoms with van der Waals surface area (Å²) >= 11 is 0. The first-order chi connectivity index (χ1) is 9.13. The predicted molar refractivity (Wildman–Crippen MR) is 67.8 cm³/mol. The van der Waals surface area contributed by atoms with Crippen molar-refractivity contribution in [3.63, 3.8) is 0 Å². The summed E-state index contributed by atoms with van der Waals surface area (Å²) in [5.41, 5.74) is 0.201. The zero-order valence-corrected chi connectivity index (χ0v) is 10.5. The van der Waals surface area contributed by atoms with Crippen LogP contribution in [0.4, 0.5) is 5.82 Å². The average Bonchev–Trinajstić information content (AvgIpc) is 3.05. The van der Waals surface area contributed by atoms with E-state index in [0.29, 0.717) is 0 Å². The molecular formula is C12H17N3O4. The van der Waals surface area contributed by atoms with Crippen LogP contribution in [0.3, 0.4) is 0 Å². The first kappa shape index (κ1) is 13.5. The molecule has 0 spiro atoms. The highest BCUT2D eigenvalue weighted by atomic mass is 16.6. The summed E-state index contributed by atoms with van der Waals surface area (Å²) in [5.74, 6) is -0.479. The second kappa shape index (κ2) is 5.83. The molecule has 1 saturated carbocycles. The monoisotopic (exact) mass is 267 g/mol. The number of hydrogen-bond donors (Lipinski definition) is 2. The van der Waals surface area contributed by atoms with Crippen molar-refractivity contribution in [2.45, 2.75) is 31.7 Å². The van der Waals surface area contributed by atoms with Crippen molar-refractivity contribution in [1.82, 2.24) is 9.88 Å². The fourth-order valence-electron chi connectivity index (χ4n) is 2.54. The molecular weight excluding hydrogens is 250 g/mol. The Hall–Kier alpha value is -1.89. The van der Waals surface area contributed by atoms with Gasteiger partial charge in [-0.2, -0.15) is 0 Å². The van der Waals surface area contributed by atoms with Crippen LogP contribution >= 0.6 is 0 Å². The molecule has 2 rings (SSSR count). The molecule has 1 aromatic heterocycles. The van der Waals surface area contributed by atoms with E-state index in [9.17, 15) is 14.9 Å². The zero-order chi connectivity index (χ0) is 13.8. The molecule has 0 aliphatic heterocycles. The first-order valence-corrected chi connectivity index (χ1v) is 6.38. The van der Waals surface area contributed by atoms with E-state index in [0.717, 1.165) is 25.7 Å². The molecule has 0 saturated heterocycles. The zero-order valence-electron chi connectivity index (χ0n) is 10.5. The molecule has 104 valence electrons. The van der Waals surface area contributed by atoms with Gasteiger partial charge in [-0.15, -0.1) is 0 Å². The number of aliphatic hydroxyl groups is 1. The number of amides is 1. The number of aliphatic hydroxyl groups excluding tert-OH is 1. The van der Waals surface area contributed by atoms with E-state index in [-0.39, 0.29) is 36.6 Å². The number of nitro groups is 1. The first-order valence-electron chi connectivity index (χ1n) is 6.38. The Morgan fingerprint density at radius 3 is 2.68 bits per heavy atom. The summed E-state index contributed by atoms with van der Waals surface area (Å²) in [7, 11) is 0. The van der Waals surface area contributed by atoms with E-state index in [1.54, 1.807) is 4.90 Å². The van der Waals surface area contributed by atoms with E-state index < -0.39 is 4.92 Å². The number of hydrogen-bond acceptors (Lipinski definition) is 4. The van der Waals surface area contributed by atoms with Gasteiger partial charge in [0.1, 0.15) is 0 Å². The van der Waals surface area contributed by atoms with Crippen molar-refractivity contribution in [3.05, 3.63) is 27.9 Å². The van der Waals surface area contributed by atoms with Crippen LogP contribution in [0.15, 0.2) is 12.1 Å². The van der Waals surface area contributed by atoms with E-state index in [2.05, 4.69) is 4.98 Å². The average molecular weight is 267 g/mol. The van der Waals surface area contributed by atoms with Gasteiger partial charge in [-0.3, -0.25) is 4.79 Å². The van der Waals surface area contributed by atoms with E-state index in [1.165, 1.54) is 12.1 Å². The molecule has 7 nitrogen and oxygen atoms in total. The van der Waals surface area contributed by atoms with Crippen LogP contribution < -0.4 is 0 Å². The van der Waals surface area contributed by atoms with E-state index >= 15 is 0 Å². The summed E-state index contributed by atoms with van der Waals surface area (Å²) < 4.78 is 0. The fourth-order valence-corrected chi connectivity index (χ4v) is 2.54. The Labute approximate surface area is 110 Å². The van der Waals surface area contributed by atoms with Crippen molar-refractivity contribution in [2.24, 2.45) is 0 Å². The lowest BCUT2D eigenvalue weighted by atomic mass is 10.2. The van der Waals surface area contributed by atoms with Crippen LogP contribution in [0.5, 0.6) is 0 Å². The molecule has 1 aliphatic rings. The number of nitrogens with zero attached hydrogens (tertiary/aromatic N) is 2. The fraction of sp³-hybridized carbons (Fsp3) is 0.583. The van der Waals surface area contributed by atoms with Crippen molar-refractivity contribution in [1.29, 1.82) is 0 Å². The highest BCUT2D eigenvalue weighted by molar-refractivity contribution is 5.93. The molecule has 1 amide bonds. The summed E-state index contributed by atoms with van der Waals surface area (Å²) in [6, 6.07) is 2.82. The second-order valence-corrected chi connectivity index (χ2v) is 4.67. The Balaban J connectivity index is 2.15. The van der Waals surface area contributed by atoms with Gasteiger partial charge in [-0.1, -0.05) is 12.8 Å². The molecule has 0 radical (unpaired) electrons. The number of aromatic nitrogens is 1. The van der Waals surface area contributed by atoms with Crippen molar-refractivity contribution in [2.75, 3.05) is 13.2 Å². The molecule has 0 atom stereocenters. The van der Waals surface area contributed by atoms with Gasteiger partial charge in [-0.05, 0) is 23.8 Å². The van der Waals surface area contributed by atoms with Gasteiger partial charge in [-0.25, -0.2) is 4.98 Å². The third-order valence-corrected chi connectivity index (χ3v) is 3.46. The highest BCUT2D eigenvalue weighted by Gasteiger charge is 2.29. The molecule has 0 aromatic carbocycles. The number of rotatable bonds is 5. The summed E-state index contributed by atoms with van der Waals surface area (Å²) in [4.78, 5) is 26.5. The minimum atomic E-state index is -0.567. The number of carbonyl (C=O) groups excluding carboxylic acids is 1. The molecule has 2 N–H and O–H groups in total. The lowest BCUT2D eigenvalue weighted by Gasteiger charge is -2.27. The predicted octanol–water partition coefficient (Wildman–Crippen LogP) is 1.30. The quantitative estimate of drug-likeness (QED) is 0.620. The van der Waals surface area contributed by atoms with Gasteiger partial charge in [0.2, 0.25) is 0 Å². The Kier molecular flexibility index (Phi) is 4.16. The van der Waals surface area contributed by atoms with Gasteiger partial charge in [0, 0.05) is 18.7 Å². The van der Waals surface area contributed by atoms with Gasteiger partial charge in [0.15, 0.2) is 5.69 Å². The number of nitrogens with one attached hydrogen (secondary N) is 1. The van der Waals surface area contributed by atoms with Crippen molar-refractivity contribution < 1.29 is 14.8 Å². The molecule has 19 heavy (non-hydrogen) atoms. The largest absolute Gasteiger partial charge is 0.395 e. The van der Waals surface area contributed by atoms with Gasteiger partial charge >= 0.3 is 5.82 Å². The normalized spacial score (nSPS) is 15.6.